The van der Waals surface area contributed by atoms with Gasteiger partial charge in [-0.3, -0.25) is 4.57 Å². The lowest BCUT2D eigenvalue weighted by molar-refractivity contribution is 0.628. The van der Waals surface area contributed by atoms with Crippen LogP contribution in [0.2, 0.25) is 0 Å². The van der Waals surface area contributed by atoms with E-state index in [0.29, 0.717) is 40.1 Å². The Morgan fingerprint density at radius 2 is 1.71 bits per heavy atom. The number of anilines is 1. The molecule has 8 heteroatoms. The number of benzene rings is 2. The molecule has 5 rings (SSSR count). The quantitative estimate of drug-likeness (QED) is 0.405. The first kappa shape index (κ1) is 19.1. The molecule has 2 aromatic carbocycles. The van der Waals surface area contributed by atoms with Crippen molar-refractivity contribution in [1.29, 1.82) is 0 Å². The number of rotatable bonds is 4. The van der Waals surface area contributed by atoms with Crippen LogP contribution in [0.1, 0.15) is 5.56 Å². The largest absolute Gasteiger partial charge is 0.383 e. The van der Waals surface area contributed by atoms with E-state index in [2.05, 4.69) is 9.97 Å². The van der Waals surface area contributed by atoms with Gasteiger partial charge < -0.3 is 5.73 Å². The van der Waals surface area contributed by atoms with Crippen LogP contribution in [0.4, 0.5) is 10.2 Å². The van der Waals surface area contributed by atoms with Crippen LogP contribution in [-0.2, 0) is 5.88 Å². The summed E-state index contributed by atoms with van der Waals surface area (Å²) in [7, 11) is 0. The summed E-state index contributed by atoms with van der Waals surface area (Å²) in [4.78, 5) is 18.2. The average Bonchev–Trinajstić information content (AvgIpc) is 3.18. The standard InChI is InChI=1S/C23H16ClFN6/c24-12-14-3-9-17(10-4-14)31-22(18-2-1-11-27-20(18)26)30-21-23(31)29-19(13-28-21)15-5-7-16(25)8-6-15/h1-11,13H,12H2,(H2,26,27). The first-order valence-corrected chi connectivity index (χ1v) is 10.0. The van der Waals surface area contributed by atoms with Crippen molar-refractivity contribution in [3.05, 3.63) is 84.4 Å². The number of alkyl halides is 1. The third-order valence-corrected chi connectivity index (χ3v) is 5.25. The molecule has 0 unspecified atom stereocenters. The summed E-state index contributed by atoms with van der Waals surface area (Å²) >= 11 is 5.95. The normalized spacial score (nSPS) is 11.2. The van der Waals surface area contributed by atoms with E-state index in [4.69, 9.17) is 27.3 Å². The Balaban J connectivity index is 1.77. The zero-order chi connectivity index (χ0) is 21.4. The van der Waals surface area contributed by atoms with Crippen LogP contribution in [0, 0.1) is 5.82 Å². The molecule has 0 bridgehead atoms. The van der Waals surface area contributed by atoms with Gasteiger partial charge in [0.1, 0.15) is 11.6 Å². The number of halogens is 2. The van der Waals surface area contributed by atoms with Crippen molar-refractivity contribution in [2.24, 2.45) is 0 Å². The summed E-state index contributed by atoms with van der Waals surface area (Å²) in [6, 6.07) is 17.6. The maximum atomic E-state index is 13.4. The molecular formula is C23H16ClFN6. The van der Waals surface area contributed by atoms with Crippen molar-refractivity contribution in [2.75, 3.05) is 5.73 Å². The molecule has 5 aromatic rings. The van der Waals surface area contributed by atoms with E-state index in [9.17, 15) is 4.39 Å². The Kier molecular flexibility index (Phi) is 4.80. The van der Waals surface area contributed by atoms with E-state index < -0.39 is 0 Å². The minimum absolute atomic E-state index is 0.309. The number of fused-ring (bicyclic) bond motifs is 1. The highest BCUT2D eigenvalue weighted by Gasteiger charge is 2.19. The van der Waals surface area contributed by atoms with Gasteiger partial charge in [0.25, 0.3) is 0 Å². The molecule has 6 nitrogen and oxygen atoms in total. The highest BCUT2D eigenvalue weighted by atomic mass is 35.5. The van der Waals surface area contributed by atoms with E-state index in [0.717, 1.165) is 16.8 Å². The van der Waals surface area contributed by atoms with Gasteiger partial charge in [0, 0.05) is 23.3 Å². The van der Waals surface area contributed by atoms with Crippen LogP contribution in [-0.4, -0.2) is 24.5 Å². The molecular weight excluding hydrogens is 415 g/mol. The third-order valence-electron chi connectivity index (χ3n) is 4.94. The van der Waals surface area contributed by atoms with Crippen molar-refractivity contribution in [1.82, 2.24) is 24.5 Å². The number of nitrogen functional groups attached to an aromatic ring is 1. The van der Waals surface area contributed by atoms with Gasteiger partial charge in [-0.1, -0.05) is 12.1 Å². The maximum absolute atomic E-state index is 13.4. The molecule has 3 heterocycles. The second-order valence-corrected chi connectivity index (χ2v) is 7.18. The first-order valence-electron chi connectivity index (χ1n) is 9.51. The predicted octanol–water partition coefficient (Wildman–Crippen LogP) is 5.00. The molecule has 0 radical (unpaired) electrons. The van der Waals surface area contributed by atoms with Crippen molar-refractivity contribution >= 4 is 28.7 Å². The highest BCUT2D eigenvalue weighted by Crippen LogP contribution is 2.31. The fourth-order valence-corrected chi connectivity index (χ4v) is 3.56. The van der Waals surface area contributed by atoms with Gasteiger partial charge in [-0.2, -0.15) is 0 Å². The molecule has 31 heavy (non-hydrogen) atoms. The van der Waals surface area contributed by atoms with E-state index in [-0.39, 0.29) is 5.82 Å². The summed E-state index contributed by atoms with van der Waals surface area (Å²) < 4.78 is 15.2. The van der Waals surface area contributed by atoms with Crippen LogP contribution in [0.15, 0.2) is 73.1 Å². The lowest BCUT2D eigenvalue weighted by Gasteiger charge is -2.11. The van der Waals surface area contributed by atoms with Gasteiger partial charge in [-0.25, -0.2) is 24.3 Å². The summed E-state index contributed by atoms with van der Waals surface area (Å²) in [6.07, 6.45) is 3.25. The Bertz CT molecular complexity index is 1380. The number of nitrogens with zero attached hydrogens (tertiary/aromatic N) is 5. The van der Waals surface area contributed by atoms with Crippen molar-refractivity contribution in [3.8, 4) is 28.3 Å². The van der Waals surface area contributed by atoms with Crippen molar-refractivity contribution < 1.29 is 4.39 Å². The van der Waals surface area contributed by atoms with Gasteiger partial charge in [0.15, 0.2) is 17.1 Å². The van der Waals surface area contributed by atoms with Crippen LogP contribution in [0.5, 0.6) is 0 Å². The molecule has 0 atom stereocenters. The molecule has 0 fully saturated rings. The highest BCUT2D eigenvalue weighted by molar-refractivity contribution is 6.17. The fraction of sp³-hybridized carbons (Fsp3) is 0.0435. The smallest absolute Gasteiger partial charge is 0.198 e. The molecule has 0 amide bonds. The Morgan fingerprint density at radius 1 is 0.935 bits per heavy atom. The summed E-state index contributed by atoms with van der Waals surface area (Å²) in [5.41, 5.74) is 11.0. The van der Waals surface area contributed by atoms with Crippen LogP contribution < -0.4 is 5.73 Å². The second kappa shape index (κ2) is 7.77. The monoisotopic (exact) mass is 430 g/mol. The lowest BCUT2D eigenvalue weighted by atomic mass is 10.1. The molecule has 0 saturated heterocycles. The first-order chi connectivity index (χ1) is 15.1. The average molecular weight is 431 g/mol. The fourth-order valence-electron chi connectivity index (χ4n) is 3.38. The van der Waals surface area contributed by atoms with E-state index >= 15 is 0 Å². The van der Waals surface area contributed by atoms with Gasteiger partial charge in [0.2, 0.25) is 0 Å². The maximum Gasteiger partial charge on any atom is 0.198 e. The van der Waals surface area contributed by atoms with E-state index in [1.807, 2.05) is 34.9 Å². The SMILES string of the molecule is Nc1ncccc1-c1nc2ncc(-c3ccc(F)cc3)nc2n1-c1ccc(CCl)cc1. The Hall–Kier alpha value is -3.84. The molecule has 0 saturated carbocycles. The minimum atomic E-state index is -0.309. The molecule has 0 aliphatic carbocycles. The molecule has 0 spiro atoms. The summed E-state index contributed by atoms with van der Waals surface area (Å²) in [6.45, 7) is 0. The Labute approximate surface area is 182 Å². The van der Waals surface area contributed by atoms with Crippen LogP contribution in [0.25, 0.3) is 39.6 Å². The van der Waals surface area contributed by atoms with Gasteiger partial charge in [0.05, 0.1) is 17.5 Å². The van der Waals surface area contributed by atoms with E-state index in [1.54, 1.807) is 30.6 Å². The number of hydrogen-bond acceptors (Lipinski definition) is 5. The lowest BCUT2D eigenvalue weighted by Crippen LogP contribution is -2.02. The summed E-state index contributed by atoms with van der Waals surface area (Å²) in [5, 5.41) is 0. The molecule has 2 N–H and O–H groups in total. The van der Waals surface area contributed by atoms with Gasteiger partial charge in [-0.15, -0.1) is 11.6 Å². The number of pyridine rings is 1. The number of aromatic nitrogens is 5. The number of hydrogen-bond donors (Lipinski definition) is 1. The molecule has 3 aromatic heterocycles. The van der Waals surface area contributed by atoms with Crippen molar-refractivity contribution in [3.63, 3.8) is 0 Å². The zero-order valence-corrected chi connectivity index (χ0v) is 17.0. The topological polar surface area (TPSA) is 82.5 Å². The summed E-state index contributed by atoms with van der Waals surface area (Å²) in [5.74, 6) is 1.05. The van der Waals surface area contributed by atoms with Crippen molar-refractivity contribution in [2.45, 2.75) is 5.88 Å². The third kappa shape index (κ3) is 3.49. The van der Waals surface area contributed by atoms with Crippen LogP contribution >= 0.6 is 11.6 Å². The molecule has 0 aliphatic heterocycles. The minimum Gasteiger partial charge on any atom is -0.383 e. The second-order valence-electron chi connectivity index (χ2n) is 6.92. The number of nitrogens with two attached hydrogens (primary N) is 1. The van der Waals surface area contributed by atoms with Gasteiger partial charge >= 0.3 is 0 Å². The molecule has 0 aliphatic rings. The van der Waals surface area contributed by atoms with Gasteiger partial charge in [-0.05, 0) is 54.1 Å². The Morgan fingerprint density at radius 3 is 2.42 bits per heavy atom. The van der Waals surface area contributed by atoms with Crippen LogP contribution in [0.3, 0.4) is 0 Å². The van der Waals surface area contributed by atoms with E-state index in [1.165, 1.54) is 12.1 Å². The zero-order valence-electron chi connectivity index (χ0n) is 16.2. The molecule has 152 valence electrons. The predicted molar refractivity (Wildman–Crippen MR) is 119 cm³/mol. The number of imidazole rings is 1.